The number of amides is 1. The van der Waals surface area contributed by atoms with Crippen LogP contribution in [0.3, 0.4) is 0 Å². The van der Waals surface area contributed by atoms with Gasteiger partial charge in [0.25, 0.3) is 0 Å². The number of nitrogens with zero attached hydrogens (tertiary/aromatic N) is 1. The molecule has 1 saturated heterocycles. The van der Waals surface area contributed by atoms with Gasteiger partial charge in [-0.3, -0.25) is 9.59 Å². The minimum atomic E-state index is -1.08. The number of aliphatic hydroxyl groups is 1. The third kappa shape index (κ3) is 3.03. The predicted molar refractivity (Wildman–Crippen MR) is 123 cm³/mol. The number of carbonyl (C=O) groups excluding carboxylic acids is 2. The van der Waals surface area contributed by atoms with Gasteiger partial charge in [-0.15, -0.1) is 0 Å². The Morgan fingerprint density at radius 3 is 2.39 bits per heavy atom. The van der Waals surface area contributed by atoms with Crippen molar-refractivity contribution in [2.75, 3.05) is 7.05 Å². The van der Waals surface area contributed by atoms with E-state index >= 15 is 0 Å². The fraction of sp³-hybridized carbons (Fsp3) is 0.852. The van der Waals surface area contributed by atoms with Gasteiger partial charge in [0.2, 0.25) is 5.91 Å². The van der Waals surface area contributed by atoms with Crippen molar-refractivity contribution in [1.82, 2.24) is 4.90 Å². The second-order valence-electron chi connectivity index (χ2n) is 11.8. The van der Waals surface area contributed by atoms with Crippen molar-refractivity contribution >= 4 is 11.7 Å². The maximum atomic E-state index is 14.1. The molecule has 1 unspecified atom stereocenters. The van der Waals surface area contributed by atoms with E-state index in [-0.39, 0.29) is 41.4 Å². The van der Waals surface area contributed by atoms with Gasteiger partial charge in [-0.2, -0.15) is 0 Å². The molecule has 0 aromatic carbocycles. The van der Waals surface area contributed by atoms with E-state index in [1.807, 2.05) is 20.9 Å². The highest BCUT2D eigenvalue weighted by atomic mass is 16.3. The van der Waals surface area contributed by atoms with E-state index in [0.29, 0.717) is 30.1 Å². The zero-order valence-corrected chi connectivity index (χ0v) is 20.6. The van der Waals surface area contributed by atoms with Gasteiger partial charge < -0.3 is 10.0 Å². The van der Waals surface area contributed by atoms with E-state index < -0.39 is 11.0 Å². The molecule has 4 rings (SSSR count). The third-order valence-electron chi connectivity index (χ3n) is 10.3. The highest BCUT2D eigenvalue weighted by Crippen LogP contribution is 2.62. The van der Waals surface area contributed by atoms with Crippen LogP contribution in [-0.4, -0.2) is 40.4 Å². The van der Waals surface area contributed by atoms with Crippen molar-refractivity contribution < 1.29 is 14.7 Å². The van der Waals surface area contributed by atoms with Crippen molar-refractivity contribution in [2.45, 2.75) is 85.3 Å². The molecule has 1 aliphatic heterocycles. The van der Waals surface area contributed by atoms with Gasteiger partial charge in [0.15, 0.2) is 5.78 Å². The Labute approximate surface area is 188 Å². The number of allylic oxidation sites excluding steroid dienone is 1. The molecule has 3 fully saturated rings. The molecule has 1 spiro atoms. The topological polar surface area (TPSA) is 57.6 Å². The summed E-state index contributed by atoms with van der Waals surface area (Å²) in [5.41, 5.74) is -2.15. The van der Waals surface area contributed by atoms with Gasteiger partial charge in [-0.25, -0.2) is 0 Å². The molecule has 0 radical (unpaired) electrons. The van der Waals surface area contributed by atoms with E-state index in [4.69, 9.17) is 0 Å². The molecule has 1 N–H and O–H groups in total. The van der Waals surface area contributed by atoms with Crippen LogP contribution < -0.4 is 0 Å². The Bertz CT molecular complexity index is 768. The van der Waals surface area contributed by atoms with E-state index in [1.165, 1.54) is 12.8 Å². The molecule has 4 aliphatic rings. The summed E-state index contributed by atoms with van der Waals surface area (Å²) in [5.74, 6) is 2.24. The molecular weight excluding hydrogens is 386 g/mol. The van der Waals surface area contributed by atoms with Gasteiger partial charge in [0.1, 0.15) is 5.41 Å². The van der Waals surface area contributed by atoms with Crippen LogP contribution in [0.2, 0.25) is 0 Å². The van der Waals surface area contributed by atoms with Crippen molar-refractivity contribution in [3.8, 4) is 0 Å². The summed E-state index contributed by atoms with van der Waals surface area (Å²) in [4.78, 5) is 29.8. The average molecular weight is 430 g/mol. The summed E-state index contributed by atoms with van der Waals surface area (Å²) in [6.45, 7) is 12.8. The first-order valence-corrected chi connectivity index (χ1v) is 12.7. The Morgan fingerprint density at radius 2 is 1.77 bits per heavy atom. The van der Waals surface area contributed by atoms with Crippen molar-refractivity contribution in [1.29, 1.82) is 0 Å². The second kappa shape index (κ2) is 7.71. The first-order valence-electron chi connectivity index (χ1n) is 12.7. The quantitative estimate of drug-likeness (QED) is 0.522. The smallest absolute Gasteiger partial charge is 0.237 e. The normalized spacial score (nSPS) is 49.6. The zero-order chi connectivity index (χ0) is 22.9. The number of fused-ring (bicyclic) bond motifs is 3. The number of ketones is 1. The average Bonchev–Trinajstić information content (AvgIpc) is 2.89. The standard InChI is InChI=1S/C27H43NO3/c1-8-18(9-2)23-24(29)27(25(30)28(23)7)14-20-21(26(6,31)17(27)5)11-10-19-13-15(3)12-16(4)22(19)20/h10-11,15-23,31H,8-9,12-14H2,1-7H3/t15-,16+,17+,19-,20-,21-,22+,23+,26+,27?/m0/s1. The molecule has 4 nitrogen and oxygen atoms in total. The van der Waals surface area contributed by atoms with Gasteiger partial charge in [0, 0.05) is 18.9 Å². The lowest BCUT2D eigenvalue weighted by Crippen LogP contribution is -2.63. The molecule has 0 aromatic heterocycles. The van der Waals surface area contributed by atoms with Crippen LogP contribution in [0, 0.1) is 52.8 Å². The van der Waals surface area contributed by atoms with Crippen molar-refractivity contribution in [3.63, 3.8) is 0 Å². The molecule has 2 saturated carbocycles. The first-order chi connectivity index (χ1) is 14.5. The molecule has 0 aromatic rings. The van der Waals surface area contributed by atoms with Crippen LogP contribution in [0.25, 0.3) is 0 Å². The van der Waals surface area contributed by atoms with Crippen LogP contribution in [0.15, 0.2) is 12.2 Å². The summed E-state index contributed by atoms with van der Waals surface area (Å²) in [7, 11) is 1.82. The molecular formula is C27H43NO3. The molecule has 174 valence electrons. The van der Waals surface area contributed by atoms with Crippen LogP contribution >= 0.6 is 0 Å². The summed E-state index contributed by atoms with van der Waals surface area (Å²) in [6, 6.07) is -0.351. The monoisotopic (exact) mass is 429 g/mol. The molecule has 4 heteroatoms. The van der Waals surface area contributed by atoms with Crippen LogP contribution in [0.5, 0.6) is 0 Å². The highest BCUT2D eigenvalue weighted by molar-refractivity contribution is 6.15. The highest BCUT2D eigenvalue weighted by Gasteiger charge is 2.70. The Balaban J connectivity index is 1.80. The molecule has 10 atom stereocenters. The lowest BCUT2D eigenvalue weighted by molar-refractivity contribution is -0.181. The minimum Gasteiger partial charge on any atom is -0.389 e. The number of likely N-dealkylation sites (N-methyl/N-ethyl adjacent to an activating group) is 1. The second-order valence-corrected chi connectivity index (χ2v) is 11.8. The Kier molecular flexibility index (Phi) is 5.72. The van der Waals surface area contributed by atoms with Gasteiger partial charge in [0.05, 0.1) is 11.6 Å². The molecule has 3 aliphatic carbocycles. The molecule has 0 bridgehead atoms. The number of Topliss-reactive ketones (excluding diaryl/α,β-unsaturated/α-hetero) is 1. The fourth-order valence-electron chi connectivity index (χ4n) is 8.59. The number of rotatable bonds is 3. The zero-order valence-electron chi connectivity index (χ0n) is 20.6. The van der Waals surface area contributed by atoms with E-state index in [9.17, 15) is 14.7 Å². The maximum absolute atomic E-state index is 14.1. The van der Waals surface area contributed by atoms with Gasteiger partial charge >= 0.3 is 0 Å². The van der Waals surface area contributed by atoms with Gasteiger partial charge in [-0.05, 0) is 61.7 Å². The molecule has 1 amide bonds. The third-order valence-corrected chi connectivity index (χ3v) is 10.3. The fourth-order valence-corrected chi connectivity index (χ4v) is 8.59. The summed E-state index contributed by atoms with van der Waals surface area (Å²) in [5, 5.41) is 11.9. The minimum absolute atomic E-state index is 0.0170. The van der Waals surface area contributed by atoms with E-state index in [0.717, 1.165) is 12.8 Å². The Morgan fingerprint density at radius 1 is 1.13 bits per heavy atom. The predicted octanol–water partition coefficient (Wildman–Crippen LogP) is 4.71. The lowest BCUT2D eigenvalue weighted by Gasteiger charge is -2.59. The van der Waals surface area contributed by atoms with Crippen molar-refractivity contribution in [3.05, 3.63) is 12.2 Å². The van der Waals surface area contributed by atoms with Gasteiger partial charge in [-0.1, -0.05) is 59.6 Å². The Hall–Kier alpha value is -1.16. The number of hydrogen-bond donors (Lipinski definition) is 1. The summed E-state index contributed by atoms with van der Waals surface area (Å²) >= 11 is 0. The largest absolute Gasteiger partial charge is 0.389 e. The number of hydrogen-bond acceptors (Lipinski definition) is 3. The molecule has 1 heterocycles. The van der Waals surface area contributed by atoms with Crippen molar-refractivity contribution in [2.24, 2.45) is 52.8 Å². The summed E-state index contributed by atoms with van der Waals surface area (Å²) < 4.78 is 0. The first kappa shape index (κ1) is 23.0. The maximum Gasteiger partial charge on any atom is 0.237 e. The number of carbonyl (C=O) groups is 2. The molecule has 31 heavy (non-hydrogen) atoms. The van der Waals surface area contributed by atoms with Crippen LogP contribution in [0.1, 0.15) is 73.6 Å². The lowest BCUT2D eigenvalue weighted by atomic mass is 9.45. The van der Waals surface area contributed by atoms with E-state index in [1.54, 1.807) is 4.90 Å². The summed E-state index contributed by atoms with van der Waals surface area (Å²) in [6.07, 6.45) is 9.36. The SMILES string of the molecule is CCC(CC)[C@@H]1C(=O)C2(C[C@@H]3[C@@H]4[C@H](C)C[C@H](C)C[C@@H]4C=C[C@@H]3[C@](C)(O)[C@H]2C)C(=O)N1C. The van der Waals surface area contributed by atoms with Crippen LogP contribution in [-0.2, 0) is 9.59 Å². The number of likely N-dealkylation sites (tertiary alicyclic amines) is 1. The van der Waals surface area contributed by atoms with Crippen LogP contribution in [0.4, 0.5) is 0 Å². The van der Waals surface area contributed by atoms with E-state index in [2.05, 4.69) is 39.8 Å².